The fourth-order valence-corrected chi connectivity index (χ4v) is 2.82. The minimum absolute atomic E-state index is 0.0603. The summed E-state index contributed by atoms with van der Waals surface area (Å²) in [5.41, 5.74) is 11.8. The molecule has 0 bridgehead atoms. The average Bonchev–Trinajstić information content (AvgIpc) is 2.49. The van der Waals surface area contributed by atoms with E-state index in [0.717, 1.165) is 24.0 Å². The van der Waals surface area contributed by atoms with Gasteiger partial charge < -0.3 is 5.73 Å². The van der Waals surface area contributed by atoms with Gasteiger partial charge in [0.25, 0.3) is 0 Å². The molecule has 0 aromatic heterocycles. The predicted molar refractivity (Wildman–Crippen MR) is 82.1 cm³/mol. The lowest BCUT2D eigenvalue weighted by atomic mass is 9.89. The standard InChI is InChI=1S/C18H19NO/c1-12-6-7-16(11-17(12)19)18(20)15-9-8-13-4-2-3-5-14(13)10-15/h6-11H,2-5,19H2,1H3. The van der Waals surface area contributed by atoms with Crippen molar-refractivity contribution in [3.63, 3.8) is 0 Å². The number of anilines is 1. The Labute approximate surface area is 119 Å². The number of carbonyl (C=O) groups is 1. The number of aryl methyl sites for hydroxylation is 3. The van der Waals surface area contributed by atoms with E-state index in [4.69, 9.17) is 5.73 Å². The molecule has 2 aromatic rings. The summed E-state index contributed by atoms with van der Waals surface area (Å²) in [5, 5.41) is 0. The van der Waals surface area contributed by atoms with Gasteiger partial charge in [-0.15, -0.1) is 0 Å². The Kier molecular flexibility index (Phi) is 3.31. The van der Waals surface area contributed by atoms with Gasteiger partial charge in [0.1, 0.15) is 0 Å². The molecule has 0 spiro atoms. The summed E-state index contributed by atoms with van der Waals surface area (Å²) in [7, 11) is 0. The van der Waals surface area contributed by atoms with E-state index in [1.165, 1.54) is 24.0 Å². The van der Waals surface area contributed by atoms with Gasteiger partial charge in [-0.1, -0.05) is 24.3 Å². The van der Waals surface area contributed by atoms with Crippen LogP contribution in [-0.4, -0.2) is 5.78 Å². The molecule has 0 radical (unpaired) electrons. The highest BCUT2D eigenvalue weighted by Gasteiger charge is 2.14. The Morgan fingerprint density at radius 2 is 1.60 bits per heavy atom. The third-order valence-corrected chi connectivity index (χ3v) is 4.15. The third-order valence-electron chi connectivity index (χ3n) is 4.15. The lowest BCUT2D eigenvalue weighted by molar-refractivity contribution is 0.103. The van der Waals surface area contributed by atoms with Gasteiger partial charge >= 0.3 is 0 Å². The molecular weight excluding hydrogens is 246 g/mol. The summed E-state index contributed by atoms with van der Waals surface area (Å²) in [6.07, 6.45) is 4.71. The first kappa shape index (κ1) is 12.9. The smallest absolute Gasteiger partial charge is 0.193 e. The first-order valence-electron chi connectivity index (χ1n) is 7.18. The van der Waals surface area contributed by atoms with Gasteiger partial charge in [-0.05, 0) is 61.4 Å². The monoisotopic (exact) mass is 265 g/mol. The maximum Gasteiger partial charge on any atom is 0.193 e. The van der Waals surface area contributed by atoms with E-state index >= 15 is 0 Å². The highest BCUT2D eigenvalue weighted by molar-refractivity contribution is 6.09. The molecule has 0 heterocycles. The molecule has 0 saturated carbocycles. The number of benzene rings is 2. The number of ketones is 1. The molecule has 2 nitrogen and oxygen atoms in total. The van der Waals surface area contributed by atoms with E-state index < -0.39 is 0 Å². The fourth-order valence-electron chi connectivity index (χ4n) is 2.82. The molecule has 0 saturated heterocycles. The van der Waals surface area contributed by atoms with E-state index in [1.54, 1.807) is 6.07 Å². The van der Waals surface area contributed by atoms with Crippen molar-refractivity contribution in [1.82, 2.24) is 0 Å². The summed E-state index contributed by atoms with van der Waals surface area (Å²) >= 11 is 0. The van der Waals surface area contributed by atoms with Gasteiger partial charge in [-0.2, -0.15) is 0 Å². The Balaban J connectivity index is 1.95. The van der Waals surface area contributed by atoms with Crippen LogP contribution < -0.4 is 5.73 Å². The van der Waals surface area contributed by atoms with Crippen LogP contribution in [0.4, 0.5) is 5.69 Å². The van der Waals surface area contributed by atoms with Crippen LogP contribution in [0.25, 0.3) is 0 Å². The molecule has 2 aromatic carbocycles. The summed E-state index contributed by atoms with van der Waals surface area (Å²) in [6, 6.07) is 11.7. The second-order valence-electron chi connectivity index (χ2n) is 5.59. The molecule has 3 rings (SSSR count). The average molecular weight is 265 g/mol. The molecule has 2 heteroatoms. The van der Waals surface area contributed by atoms with E-state index in [1.807, 2.05) is 25.1 Å². The van der Waals surface area contributed by atoms with Gasteiger partial charge in [0.05, 0.1) is 0 Å². The van der Waals surface area contributed by atoms with Crippen molar-refractivity contribution < 1.29 is 4.79 Å². The van der Waals surface area contributed by atoms with Crippen LogP contribution in [0.2, 0.25) is 0 Å². The molecule has 0 unspecified atom stereocenters. The molecule has 2 N–H and O–H groups in total. The van der Waals surface area contributed by atoms with Gasteiger partial charge in [0, 0.05) is 16.8 Å². The number of hydrogen-bond donors (Lipinski definition) is 1. The van der Waals surface area contributed by atoms with Crippen LogP contribution in [0.5, 0.6) is 0 Å². The lowest BCUT2D eigenvalue weighted by Gasteiger charge is -2.16. The predicted octanol–water partition coefficient (Wildman–Crippen LogP) is 3.69. The molecular formula is C18H19NO. The Hall–Kier alpha value is -2.09. The molecule has 0 atom stereocenters. The fraction of sp³-hybridized carbons (Fsp3) is 0.278. The highest BCUT2D eigenvalue weighted by atomic mass is 16.1. The zero-order valence-corrected chi connectivity index (χ0v) is 11.8. The zero-order chi connectivity index (χ0) is 14.1. The number of fused-ring (bicyclic) bond motifs is 1. The first-order valence-corrected chi connectivity index (χ1v) is 7.18. The Morgan fingerprint density at radius 3 is 2.35 bits per heavy atom. The van der Waals surface area contributed by atoms with Crippen molar-refractivity contribution >= 4 is 11.5 Å². The van der Waals surface area contributed by atoms with E-state index in [0.29, 0.717) is 11.3 Å². The summed E-state index contributed by atoms with van der Waals surface area (Å²) in [4.78, 5) is 12.5. The van der Waals surface area contributed by atoms with E-state index in [-0.39, 0.29) is 5.78 Å². The topological polar surface area (TPSA) is 43.1 Å². The Bertz CT molecular complexity index is 673. The van der Waals surface area contributed by atoms with E-state index in [2.05, 4.69) is 12.1 Å². The van der Waals surface area contributed by atoms with Crippen molar-refractivity contribution in [2.75, 3.05) is 5.73 Å². The van der Waals surface area contributed by atoms with Crippen LogP contribution in [0.3, 0.4) is 0 Å². The molecule has 1 aliphatic carbocycles. The number of hydrogen-bond acceptors (Lipinski definition) is 2. The molecule has 20 heavy (non-hydrogen) atoms. The quantitative estimate of drug-likeness (QED) is 0.664. The lowest BCUT2D eigenvalue weighted by Crippen LogP contribution is -2.07. The zero-order valence-electron chi connectivity index (χ0n) is 11.8. The van der Waals surface area contributed by atoms with Crippen molar-refractivity contribution in [3.8, 4) is 0 Å². The van der Waals surface area contributed by atoms with Gasteiger partial charge in [-0.3, -0.25) is 4.79 Å². The Morgan fingerprint density at radius 1 is 0.950 bits per heavy atom. The molecule has 1 aliphatic rings. The summed E-state index contributed by atoms with van der Waals surface area (Å²) in [6.45, 7) is 1.95. The third kappa shape index (κ3) is 2.34. The number of rotatable bonds is 2. The van der Waals surface area contributed by atoms with Crippen LogP contribution in [-0.2, 0) is 12.8 Å². The van der Waals surface area contributed by atoms with Crippen LogP contribution >= 0.6 is 0 Å². The number of nitrogen functional groups attached to an aromatic ring is 1. The molecule has 0 aliphatic heterocycles. The van der Waals surface area contributed by atoms with Crippen molar-refractivity contribution in [3.05, 3.63) is 64.2 Å². The maximum absolute atomic E-state index is 12.5. The maximum atomic E-state index is 12.5. The molecule has 0 amide bonds. The van der Waals surface area contributed by atoms with Gasteiger partial charge in [0.2, 0.25) is 0 Å². The minimum atomic E-state index is 0.0603. The van der Waals surface area contributed by atoms with Crippen molar-refractivity contribution in [2.24, 2.45) is 0 Å². The summed E-state index contributed by atoms with van der Waals surface area (Å²) in [5.74, 6) is 0.0603. The van der Waals surface area contributed by atoms with Crippen molar-refractivity contribution in [2.45, 2.75) is 32.6 Å². The second-order valence-corrected chi connectivity index (χ2v) is 5.59. The first-order chi connectivity index (χ1) is 9.65. The SMILES string of the molecule is Cc1ccc(C(=O)c2ccc3c(c2)CCCC3)cc1N. The number of carbonyl (C=O) groups excluding carboxylic acids is 1. The second kappa shape index (κ2) is 5.12. The van der Waals surface area contributed by atoms with Gasteiger partial charge in [0.15, 0.2) is 5.78 Å². The molecule has 102 valence electrons. The highest BCUT2D eigenvalue weighted by Crippen LogP contribution is 2.24. The van der Waals surface area contributed by atoms with E-state index in [9.17, 15) is 4.79 Å². The van der Waals surface area contributed by atoms with Crippen molar-refractivity contribution in [1.29, 1.82) is 0 Å². The van der Waals surface area contributed by atoms with Crippen LogP contribution in [0, 0.1) is 6.92 Å². The summed E-state index contributed by atoms with van der Waals surface area (Å²) < 4.78 is 0. The van der Waals surface area contributed by atoms with Gasteiger partial charge in [-0.25, -0.2) is 0 Å². The van der Waals surface area contributed by atoms with Crippen LogP contribution in [0.1, 0.15) is 45.5 Å². The minimum Gasteiger partial charge on any atom is -0.398 e. The normalized spacial score (nSPS) is 13.8. The largest absolute Gasteiger partial charge is 0.398 e. The number of nitrogens with two attached hydrogens (primary N) is 1. The van der Waals surface area contributed by atoms with Crippen LogP contribution in [0.15, 0.2) is 36.4 Å². The molecule has 0 fully saturated rings.